The zero-order chi connectivity index (χ0) is 22.4. The van der Waals surface area contributed by atoms with Gasteiger partial charge < -0.3 is 14.8 Å². The summed E-state index contributed by atoms with van der Waals surface area (Å²) in [4.78, 5) is 13.4. The van der Waals surface area contributed by atoms with E-state index in [0.717, 1.165) is 18.4 Å². The number of hydrogen-bond donors (Lipinski definition) is 1. The summed E-state index contributed by atoms with van der Waals surface area (Å²) in [6.07, 6.45) is 1.97. The molecule has 1 unspecified atom stereocenters. The largest absolute Gasteiger partial charge is 0.494 e. The number of sulfonamides is 1. The Morgan fingerprint density at radius 2 is 1.77 bits per heavy atom. The number of amides is 1. The van der Waals surface area contributed by atoms with Gasteiger partial charge in [-0.2, -0.15) is 4.31 Å². The fourth-order valence-electron chi connectivity index (χ4n) is 3.66. The second-order valence-corrected chi connectivity index (χ2v) is 9.34. The van der Waals surface area contributed by atoms with Gasteiger partial charge in [-0.05, 0) is 57.9 Å². The summed E-state index contributed by atoms with van der Waals surface area (Å²) in [7, 11) is -3.79. The molecule has 1 saturated heterocycles. The van der Waals surface area contributed by atoms with E-state index < -0.39 is 16.1 Å². The van der Waals surface area contributed by atoms with Gasteiger partial charge in [0.1, 0.15) is 17.5 Å². The van der Waals surface area contributed by atoms with Crippen LogP contribution in [0.1, 0.15) is 38.7 Å². The van der Waals surface area contributed by atoms with Gasteiger partial charge in [-0.25, -0.2) is 8.42 Å². The molecule has 0 bridgehead atoms. The molecule has 0 spiro atoms. The van der Waals surface area contributed by atoms with Crippen LogP contribution in [0.25, 0.3) is 0 Å². The third kappa shape index (κ3) is 5.37. The van der Waals surface area contributed by atoms with Crippen LogP contribution in [-0.4, -0.2) is 44.4 Å². The number of rotatable bonds is 8. The average molecular weight is 447 g/mol. The molecule has 0 saturated carbocycles. The summed E-state index contributed by atoms with van der Waals surface area (Å²) in [5.41, 5.74) is 1.44. The maximum atomic E-state index is 13.3. The third-order valence-corrected chi connectivity index (χ3v) is 7.13. The van der Waals surface area contributed by atoms with Crippen LogP contribution in [0.5, 0.6) is 11.5 Å². The lowest BCUT2D eigenvalue weighted by atomic mass is 10.0. The van der Waals surface area contributed by atoms with Crippen molar-refractivity contribution in [2.75, 3.05) is 25.1 Å². The van der Waals surface area contributed by atoms with Crippen molar-refractivity contribution < 1.29 is 22.7 Å². The van der Waals surface area contributed by atoms with Crippen LogP contribution >= 0.6 is 0 Å². The molecular formula is C23H30N2O5S. The topological polar surface area (TPSA) is 84.9 Å². The summed E-state index contributed by atoms with van der Waals surface area (Å²) >= 11 is 0. The summed E-state index contributed by atoms with van der Waals surface area (Å²) < 4.78 is 39.0. The molecule has 1 aliphatic heterocycles. The standard InChI is InChI=1S/C23H30N2O5S/c1-4-29-18-11-14-22(30-5-2)20(16-18)24-23(26)21-8-6-7-15-25(21)31(27,28)19-12-9-17(3)10-13-19/h9-14,16,21H,4-8,15H2,1-3H3,(H,24,26). The SMILES string of the molecule is CCOc1ccc(OCC)c(NC(=O)C2CCCCN2S(=O)(=O)c2ccc(C)cc2)c1. The summed E-state index contributed by atoms with van der Waals surface area (Å²) in [5, 5.41) is 2.88. The molecule has 2 aromatic rings. The summed E-state index contributed by atoms with van der Waals surface area (Å²) in [6, 6.07) is 11.1. The maximum absolute atomic E-state index is 13.3. The van der Waals surface area contributed by atoms with Gasteiger partial charge in [-0.3, -0.25) is 4.79 Å². The highest BCUT2D eigenvalue weighted by atomic mass is 32.2. The van der Waals surface area contributed by atoms with Gasteiger partial charge in [0.2, 0.25) is 15.9 Å². The molecule has 3 rings (SSSR count). The lowest BCUT2D eigenvalue weighted by Gasteiger charge is -2.33. The number of anilines is 1. The molecule has 8 heteroatoms. The van der Waals surface area contributed by atoms with Crippen LogP contribution in [0.2, 0.25) is 0 Å². The van der Waals surface area contributed by atoms with Crippen molar-refractivity contribution in [3.63, 3.8) is 0 Å². The number of nitrogens with one attached hydrogen (secondary N) is 1. The van der Waals surface area contributed by atoms with Crippen molar-refractivity contribution in [3.8, 4) is 11.5 Å². The first-order chi connectivity index (χ1) is 14.9. The van der Waals surface area contributed by atoms with E-state index in [-0.39, 0.29) is 10.8 Å². The number of piperidine rings is 1. The molecule has 168 valence electrons. The number of nitrogens with zero attached hydrogens (tertiary/aromatic N) is 1. The molecule has 0 aliphatic carbocycles. The smallest absolute Gasteiger partial charge is 0.243 e. The van der Waals surface area contributed by atoms with Gasteiger partial charge in [0, 0.05) is 12.6 Å². The zero-order valence-electron chi connectivity index (χ0n) is 18.3. The Morgan fingerprint density at radius 3 is 2.45 bits per heavy atom. The number of ether oxygens (including phenoxy) is 2. The first-order valence-corrected chi connectivity index (χ1v) is 12.1. The Labute approximate surface area is 184 Å². The van der Waals surface area contributed by atoms with Gasteiger partial charge >= 0.3 is 0 Å². The molecule has 1 fully saturated rings. The van der Waals surface area contributed by atoms with E-state index in [4.69, 9.17) is 9.47 Å². The van der Waals surface area contributed by atoms with E-state index in [1.54, 1.807) is 42.5 Å². The average Bonchev–Trinajstić information content (AvgIpc) is 2.76. The molecule has 1 N–H and O–H groups in total. The molecule has 1 amide bonds. The summed E-state index contributed by atoms with van der Waals surface area (Å²) in [5.74, 6) is 0.752. The molecule has 1 atom stereocenters. The lowest BCUT2D eigenvalue weighted by molar-refractivity contribution is -0.120. The fourth-order valence-corrected chi connectivity index (χ4v) is 5.32. The Bertz CT molecular complexity index is 1010. The van der Waals surface area contributed by atoms with E-state index >= 15 is 0 Å². The minimum absolute atomic E-state index is 0.200. The Hall–Kier alpha value is -2.58. The molecule has 1 aliphatic rings. The molecule has 1 heterocycles. The van der Waals surface area contributed by atoms with Crippen LogP contribution in [0, 0.1) is 6.92 Å². The molecule has 0 aromatic heterocycles. The van der Waals surface area contributed by atoms with Crippen molar-refractivity contribution in [3.05, 3.63) is 48.0 Å². The third-order valence-electron chi connectivity index (χ3n) is 5.20. The van der Waals surface area contributed by atoms with Gasteiger partial charge in [-0.15, -0.1) is 0 Å². The van der Waals surface area contributed by atoms with E-state index in [1.165, 1.54) is 4.31 Å². The van der Waals surface area contributed by atoms with Gasteiger partial charge in [0.05, 0.1) is 23.8 Å². The Balaban J connectivity index is 1.87. The monoisotopic (exact) mass is 446 g/mol. The fraction of sp³-hybridized carbons (Fsp3) is 0.435. The zero-order valence-corrected chi connectivity index (χ0v) is 19.1. The number of hydrogen-bond acceptors (Lipinski definition) is 5. The minimum Gasteiger partial charge on any atom is -0.494 e. The van der Waals surface area contributed by atoms with Gasteiger partial charge in [-0.1, -0.05) is 24.1 Å². The van der Waals surface area contributed by atoms with Crippen LogP contribution in [0.3, 0.4) is 0 Å². The van der Waals surface area contributed by atoms with Crippen molar-refractivity contribution in [1.82, 2.24) is 4.31 Å². The quantitative estimate of drug-likeness (QED) is 0.663. The maximum Gasteiger partial charge on any atom is 0.243 e. The molecule has 31 heavy (non-hydrogen) atoms. The number of benzene rings is 2. The van der Waals surface area contributed by atoms with Gasteiger partial charge in [0.25, 0.3) is 0 Å². The van der Waals surface area contributed by atoms with Crippen LogP contribution in [0.4, 0.5) is 5.69 Å². The first kappa shape index (κ1) is 23.1. The predicted octanol–water partition coefficient (Wildman–Crippen LogP) is 3.97. The lowest BCUT2D eigenvalue weighted by Crippen LogP contribution is -2.49. The molecule has 0 radical (unpaired) electrons. The number of aryl methyl sites for hydroxylation is 1. The highest BCUT2D eigenvalue weighted by Gasteiger charge is 2.37. The van der Waals surface area contributed by atoms with E-state index in [9.17, 15) is 13.2 Å². The van der Waals surface area contributed by atoms with E-state index in [1.807, 2.05) is 20.8 Å². The minimum atomic E-state index is -3.79. The van der Waals surface area contributed by atoms with Crippen LogP contribution < -0.4 is 14.8 Å². The van der Waals surface area contributed by atoms with Crippen molar-refractivity contribution in [1.29, 1.82) is 0 Å². The van der Waals surface area contributed by atoms with Crippen LogP contribution in [-0.2, 0) is 14.8 Å². The van der Waals surface area contributed by atoms with Crippen molar-refractivity contribution in [2.24, 2.45) is 0 Å². The van der Waals surface area contributed by atoms with E-state index in [2.05, 4.69) is 5.32 Å². The highest BCUT2D eigenvalue weighted by molar-refractivity contribution is 7.89. The Morgan fingerprint density at radius 1 is 1.06 bits per heavy atom. The number of carbonyl (C=O) groups excluding carboxylic acids is 1. The summed E-state index contributed by atoms with van der Waals surface area (Å²) in [6.45, 7) is 6.88. The van der Waals surface area contributed by atoms with Gasteiger partial charge in [0.15, 0.2) is 0 Å². The first-order valence-electron chi connectivity index (χ1n) is 10.7. The van der Waals surface area contributed by atoms with E-state index in [0.29, 0.717) is 43.4 Å². The normalized spacial score (nSPS) is 17.2. The number of carbonyl (C=O) groups is 1. The molecule has 2 aromatic carbocycles. The molecular weight excluding hydrogens is 416 g/mol. The Kier molecular flexibility index (Phi) is 7.56. The molecule has 7 nitrogen and oxygen atoms in total. The van der Waals surface area contributed by atoms with Crippen molar-refractivity contribution >= 4 is 21.6 Å². The van der Waals surface area contributed by atoms with Crippen molar-refractivity contribution in [2.45, 2.75) is 51.0 Å². The van der Waals surface area contributed by atoms with Crippen LogP contribution in [0.15, 0.2) is 47.4 Å². The second kappa shape index (κ2) is 10.2. The highest BCUT2D eigenvalue weighted by Crippen LogP contribution is 2.31. The predicted molar refractivity (Wildman–Crippen MR) is 120 cm³/mol. The second-order valence-electron chi connectivity index (χ2n) is 7.45.